The van der Waals surface area contributed by atoms with E-state index in [1.165, 1.54) is 0 Å². The first kappa shape index (κ1) is 24.3. The van der Waals surface area contributed by atoms with E-state index in [1.807, 2.05) is 31.3 Å². The molecule has 0 saturated carbocycles. The van der Waals surface area contributed by atoms with Gasteiger partial charge in [-0.2, -0.15) is 0 Å². The van der Waals surface area contributed by atoms with Gasteiger partial charge in [0, 0.05) is 40.2 Å². The molecule has 1 saturated heterocycles. The fourth-order valence-corrected chi connectivity index (χ4v) is 3.18. The summed E-state index contributed by atoms with van der Waals surface area (Å²) in [4.78, 5) is 18.2. The van der Waals surface area contributed by atoms with Crippen LogP contribution in [0.4, 0.5) is 0 Å². The van der Waals surface area contributed by atoms with Crippen molar-refractivity contribution in [1.82, 2.24) is 15.5 Å². The van der Waals surface area contributed by atoms with Gasteiger partial charge in [-0.05, 0) is 49.4 Å². The Morgan fingerprint density at radius 3 is 2.43 bits per heavy atom. The third-order valence-electron chi connectivity index (χ3n) is 4.81. The minimum atomic E-state index is 0. The highest BCUT2D eigenvalue weighted by Gasteiger charge is 2.22. The van der Waals surface area contributed by atoms with E-state index in [-0.39, 0.29) is 29.9 Å². The van der Waals surface area contributed by atoms with Gasteiger partial charge in [0.2, 0.25) is 5.91 Å². The lowest BCUT2D eigenvalue weighted by molar-refractivity contribution is -0.121. The number of methoxy groups -OCH3 is 1. The largest absolute Gasteiger partial charge is 0.497 e. The van der Waals surface area contributed by atoms with Crippen LogP contribution in [0.2, 0.25) is 0 Å². The minimum Gasteiger partial charge on any atom is -0.497 e. The summed E-state index contributed by atoms with van der Waals surface area (Å²) < 4.78 is 10.9. The molecule has 0 bridgehead atoms. The Morgan fingerprint density at radius 2 is 1.86 bits per heavy atom. The quantitative estimate of drug-likeness (QED) is 0.246. The highest BCUT2D eigenvalue weighted by Crippen LogP contribution is 2.20. The zero-order valence-corrected chi connectivity index (χ0v) is 19.4. The first-order chi connectivity index (χ1) is 13.2. The Labute approximate surface area is 185 Å². The summed E-state index contributed by atoms with van der Waals surface area (Å²) >= 11 is 0. The molecule has 28 heavy (non-hydrogen) atoms. The molecule has 0 aromatic heterocycles. The number of guanidine groups is 1. The van der Waals surface area contributed by atoms with Crippen molar-refractivity contribution < 1.29 is 14.3 Å². The van der Waals surface area contributed by atoms with E-state index in [2.05, 4.69) is 20.5 Å². The average Bonchev–Trinajstić information content (AvgIpc) is 2.72. The molecule has 0 radical (unpaired) electrons. The van der Waals surface area contributed by atoms with E-state index in [0.717, 1.165) is 56.4 Å². The van der Waals surface area contributed by atoms with Gasteiger partial charge in [-0.25, -0.2) is 0 Å². The van der Waals surface area contributed by atoms with Crippen LogP contribution in [0.1, 0.15) is 25.7 Å². The van der Waals surface area contributed by atoms with Crippen LogP contribution in [-0.2, 0) is 4.79 Å². The van der Waals surface area contributed by atoms with Crippen LogP contribution in [0.3, 0.4) is 0 Å². The van der Waals surface area contributed by atoms with Crippen molar-refractivity contribution in [2.75, 3.05) is 47.4 Å². The van der Waals surface area contributed by atoms with Crippen LogP contribution in [0.5, 0.6) is 11.5 Å². The molecule has 1 heterocycles. The van der Waals surface area contributed by atoms with E-state index in [0.29, 0.717) is 18.9 Å². The summed E-state index contributed by atoms with van der Waals surface area (Å²) in [6, 6.07) is 7.61. The van der Waals surface area contributed by atoms with E-state index < -0.39 is 0 Å². The number of aliphatic imine (C=N–C) groups is 1. The van der Waals surface area contributed by atoms with Crippen LogP contribution in [0.25, 0.3) is 0 Å². The van der Waals surface area contributed by atoms with Crippen molar-refractivity contribution in [2.45, 2.75) is 25.7 Å². The average molecular weight is 504 g/mol. The Hall–Kier alpha value is -1.71. The third-order valence-corrected chi connectivity index (χ3v) is 4.81. The van der Waals surface area contributed by atoms with Gasteiger partial charge in [0.1, 0.15) is 11.5 Å². The van der Waals surface area contributed by atoms with Gasteiger partial charge in [0.25, 0.3) is 0 Å². The van der Waals surface area contributed by atoms with E-state index in [4.69, 9.17) is 9.47 Å². The molecule has 7 nitrogen and oxygen atoms in total. The first-order valence-corrected chi connectivity index (χ1v) is 9.59. The highest BCUT2D eigenvalue weighted by molar-refractivity contribution is 14.0. The molecular weight excluding hydrogens is 471 g/mol. The maximum atomic E-state index is 11.5. The van der Waals surface area contributed by atoms with Crippen molar-refractivity contribution in [3.05, 3.63) is 24.3 Å². The van der Waals surface area contributed by atoms with Gasteiger partial charge < -0.3 is 25.0 Å². The van der Waals surface area contributed by atoms with Gasteiger partial charge in [-0.15, -0.1) is 24.0 Å². The predicted molar refractivity (Wildman–Crippen MR) is 123 cm³/mol. The molecular formula is C20H33IN4O3. The number of carbonyl (C=O) groups is 1. The number of hydrogen-bond acceptors (Lipinski definition) is 4. The summed E-state index contributed by atoms with van der Waals surface area (Å²) in [6.07, 6.45) is 3.56. The number of halogens is 1. The molecule has 1 fully saturated rings. The standard InChI is InChI=1S/C20H32N4O3.HI/c1-21-19(25)15-16-9-12-24(13-10-16)20(22-2)23-11-4-14-27-18-7-5-17(26-3)6-8-18;/h5-8,16H,4,9-15H2,1-3H3,(H,21,25)(H,22,23);1H. The summed E-state index contributed by atoms with van der Waals surface area (Å²) in [5.74, 6) is 3.20. The first-order valence-electron chi connectivity index (χ1n) is 9.59. The molecule has 0 aliphatic carbocycles. The zero-order chi connectivity index (χ0) is 19.5. The van der Waals surface area contributed by atoms with Crippen molar-refractivity contribution >= 4 is 35.8 Å². The lowest BCUT2D eigenvalue weighted by atomic mass is 9.93. The fraction of sp³-hybridized carbons (Fsp3) is 0.600. The number of ether oxygens (including phenoxy) is 2. The van der Waals surface area contributed by atoms with Gasteiger partial charge in [-0.3, -0.25) is 9.79 Å². The molecule has 0 spiro atoms. The number of likely N-dealkylation sites (tertiary alicyclic amines) is 1. The van der Waals surface area contributed by atoms with E-state index in [1.54, 1.807) is 14.2 Å². The molecule has 1 aliphatic heterocycles. The van der Waals surface area contributed by atoms with Gasteiger partial charge in [0.15, 0.2) is 5.96 Å². The number of nitrogens with one attached hydrogen (secondary N) is 2. The number of benzene rings is 1. The molecule has 0 atom stereocenters. The smallest absolute Gasteiger partial charge is 0.220 e. The summed E-state index contributed by atoms with van der Waals surface area (Å²) in [7, 11) is 5.16. The van der Waals surface area contributed by atoms with Crippen molar-refractivity contribution in [2.24, 2.45) is 10.9 Å². The SMILES string of the molecule is CN=C(NCCCOc1ccc(OC)cc1)N1CCC(CC(=O)NC)CC1.I. The Bertz CT molecular complexity index is 602. The molecule has 2 N–H and O–H groups in total. The maximum absolute atomic E-state index is 11.5. The molecule has 1 aliphatic rings. The Kier molecular flexibility index (Phi) is 11.7. The molecule has 8 heteroatoms. The number of nitrogens with zero attached hydrogens (tertiary/aromatic N) is 2. The van der Waals surface area contributed by atoms with Crippen LogP contribution < -0.4 is 20.1 Å². The summed E-state index contributed by atoms with van der Waals surface area (Å²) in [6.45, 7) is 3.32. The highest BCUT2D eigenvalue weighted by atomic mass is 127. The molecule has 1 amide bonds. The van der Waals surface area contributed by atoms with Crippen LogP contribution >= 0.6 is 24.0 Å². The lowest BCUT2D eigenvalue weighted by Crippen LogP contribution is -2.46. The second kappa shape index (κ2) is 13.5. The van der Waals surface area contributed by atoms with E-state index >= 15 is 0 Å². The third kappa shape index (κ3) is 8.12. The molecule has 1 aromatic carbocycles. The topological polar surface area (TPSA) is 75.2 Å². The second-order valence-electron chi connectivity index (χ2n) is 6.66. The predicted octanol–water partition coefficient (Wildman–Crippen LogP) is 2.51. The summed E-state index contributed by atoms with van der Waals surface area (Å²) in [5.41, 5.74) is 0. The van der Waals surface area contributed by atoms with Gasteiger partial charge in [0.05, 0.1) is 13.7 Å². The monoisotopic (exact) mass is 504 g/mol. The van der Waals surface area contributed by atoms with Crippen LogP contribution in [0, 0.1) is 5.92 Å². The Balaban J connectivity index is 0.00000392. The summed E-state index contributed by atoms with van der Waals surface area (Å²) in [5, 5.41) is 6.12. The van der Waals surface area contributed by atoms with Crippen molar-refractivity contribution in [3.8, 4) is 11.5 Å². The number of rotatable bonds is 8. The number of hydrogen-bond donors (Lipinski definition) is 2. The van der Waals surface area contributed by atoms with Crippen LogP contribution in [-0.4, -0.2) is 64.2 Å². The van der Waals surface area contributed by atoms with E-state index in [9.17, 15) is 4.79 Å². The fourth-order valence-electron chi connectivity index (χ4n) is 3.18. The molecule has 1 aromatic rings. The number of amides is 1. The number of carbonyl (C=O) groups excluding carboxylic acids is 1. The molecule has 0 unspecified atom stereocenters. The Morgan fingerprint density at radius 1 is 1.21 bits per heavy atom. The van der Waals surface area contributed by atoms with Crippen molar-refractivity contribution in [3.63, 3.8) is 0 Å². The van der Waals surface area contributed by atoms with Gasteiger partial charge >= 0.3 is 0 Å². The van der Waals surface area contributed by atoms with Crippen LogP contribution in [0.15, 0.2) is 29.3 Å². The zero-order valence-electron chi connectivity index (χ0n) is 17.1. The lowest BCUT2D eigenvalue weighted by Gasteiger charge is -2.34. The molecule has 158 valence electrons. The van der Waals surface area contributed by atoms with Crippen molar-refractivity contribution in [1.29, 1.82) is 0 Å². The maximum Gasteiger partial charge on any atom is 0.220 e. The minimum absolute atomic E-state index is 0. The molecule has 2 rings (SSSR count). The normalized spacial score (nSPS) is 14.8. The van der Waals surface area contributed by atoms with Gasteiger partial charge in [-0.1, -0.05) is 0 Å². The number of piperidine rings is 1. The second-order valence-corrected chi connectivity index (χ2v) is 6.66.